The molecule has 6 heteroatoms. The van der Waals surface area contributed by atoms with Crippen LogP contribution in [0.4, 0.5) is 5.13 Å². The third-order valence-electron chi connectivity index (χ3n) is 2.39. The topological polar surface area (TPSA) is 95.0 Å². The van der Waals surface area contributed by atoms with E-state index in [9.17, 15) is 5.11 Å². The number of thiazole rings is 1. The first kappa shape index (κ1) is 12.7. The van der Waals surface area contributed by atoms with Crippen LogP contribution in [-0.2, 0) is 0 Å². The lowest BCUT2D eigenvalue weighted by Crippen LogP contribution is -2.27. The molecule has 1 atom stereocenters. The number of aliphatic hydroxyl groups excluding tert-OH is 1. The Morgan fingerprint density at radius 1 is 1.44 bits per heavy atom. The van der Waals surface area contributed by atoms with Crippen LogP contribution in [0.5, 0.6) is 0 Å². The van der Waals surface area contributed by atoms with Crippen molar-refractivity contribution in [3.8, 4) is 11.3 Å². The lowest BCUT2D eigenvalue weighted by Gasteiger charge is -2.07. The van der Waals surface area contributed by atoms with E-state index in [1.54, 1.807) is 0 Å². The van der Waals surface area contributed by atoms with Crippen LogP contribution in [0.1, 0.15) is 5.56 Å². The highest BCUT2D eigenvalue weighted by atomic mass is 32.1. The fourth-order valence-electron chi connectivity index (χ4n) is 1.42. The number of nitrogens with two attached hydrogens (primary N) is 1. The van der Waals surface area contributed by atoms with Gasteiger partial charge < -0.3 is 21.6 Å². The van der Waals surface area contributed by atoms with Gasteiger partial charge in [-0.25, -0.2) is 4.98 Å². The van der Waals surface area contributed by atoms with Crippen LogP contribution in [-0.4, -0.2) is 29.1 Å². The van der Waals surface area contributed by atoms with Crippen molar-refractivity contribution in [3.05, 3.63) is 35.2 Å². The van der Waals surface area contributed by atoms with Gasteiger partial charge in [-0.3, -0.25) is 0 Å². The monoisotopic (exact) mass is 262 g/mol. The van der Waals surface area contributed by atoms with Crippen molar-refractivity contribution in [3.63, 3.8) is 0 Å². The molecular formula is C12H14N4OS. The first-order chi connectivity index (χ1) is 8.72. The molecule has 0 bridgehead atoms. The zero-order chi connectivity index (χ0) is 13.0. The maximum absolute atomic E-state index is 9.37. The van der Waals surface area contributed by atoms with Crippen molar-refractivity contribution in [1.29, 1.82) is 5.41 Å². The summed E-state index contributed by atoms with van der Waals surface area (Å²) in [5.74, 6) is 0. The van der Waals surface area contributed by atoms with Gasteiger partial charge in [0.15, 0.2) is 5.13 Å². The van der Waals surface area contributed by atoms with Crippen molar-refractivity contribution in [2.45, 2.75) is 6.23 Å². The van der Waals surface area contributed by atoms with Crippen molar-refractivity contribution in [1.82, 2.24) is 4.98 Å². The van der Waals surface area contributed by atoms with E-state index in [0.717, 1.165) is 16.8 Å². The van der Waals surface area contributed by atoms with Gasteiger partial charge in [0.2, 0.25) is 0 Å². The number of nitrogens with zero attached hydrogens (tertiary/aromatic N) is 1. The molecule has 2 aromatic rings. The second kappa shape index (κ2) is 5.72. The molecule has 0 spiro atoms. The van der Waals surface area contributed by atoms with E-state index in [-0.39, 0.29) is 6.54 Å². The van der Waals surface area contributed by atoms with Gasteiger partial charge in [0, 0.05) is 23.7 Å². The number of hydrogen-bond donors (Lipinski definition) is 4. The zero-order valence-electron chi connectivity index (χ0n) is 9.63. The maximum Gasteiger partial charge on any atom is 0.185 e. The van der Waals surface area contributed by atoms with E-state index in [1.165, 1.54) is 17.6 Å². The highest BCUT2D eigenvalue weighted by Gasteiger charge is 2.07. The lowest BCUT2D eigenvalue weighted by molar-refractivity contribution is 0.212. The number of hydrogen-bond acceptors (Lipinski definition) is 6. The molecule has 0 saturated carbocycles. The van der Waals surface area contributed by atoms with Crippen molar-refractivity contribution in [2.24, 2.45) is 5.73 Å². The van der Waals surface area contributed by atoms with Gasteiger partial charge in [-0.05, 0) is 5.56 Å². The highest BCUT2D eigenvalue weighted by Crippen LogP contribution is 2.25. The van der Waals surface area contributed by atoms with Crippen molar-refractivity contribution >= 4 is 22.7 Å². The van der Waals surface area contributed by atoms with E-state index in [4.69, 9.17) is 11.1 Å². The number of benzene rings is 1. The number of rotatable bonds is 5. The fourth-order valence-corrected chi connectivity index (χ4v) is 2.19. The Hall–Kier alpha value is -1.76. The van der Waals surface area contributed by atoms with Crippen LogP contribution in [0.15, 0.2) is 29.6 Å². The number of nitrogens with one attached hydrogen (secondary N) is 2. The average molecular weight is 262 g/mol. The molecule has 1 unspecified atom stereocenters. The molecule has 0 aliphatic carbocycles. The average Bonchev–Trinajstić information content (AvgIpc) is 2.87. The second-order valence-electron chi connectivity index (χ2n) is 3.70. The quantitative estimate of drug-likeness (QED) is 0.485. The summed E-state index contributed by atoms with van der Waals surface area (Å²) >= 11 is 1.42. The van der Waals surface area contributed by atoms with Crippen LogP contribution in [0.3, 0.4) is 0 Å². The van der Waals surface area contributed by atoms with Gasteiger partial charge in [-0.2, -0.15) is 0 Å². The van der Waals surface area contributed by atoms with E-state index in [0.29, 0.717) is 5.13 Å². The number of aliphatic hydroxyl groups is 1. The summed E-state index contributed by atoms with van der Waals surface area (Å²) in [5, 5.41) is 21.8. The Labute approximate surface area is 109 Å². The summed E-state index contributed by atoms with van der Waals surface area (Å²) in [5.41, 5.74) is 7.98. The Morgan fingerprint density at radius 2 is 2.17 bits per heavy atom. The van der Waals surface area contributed by atoms with Crippen LogP contribution < -0.4 is 11.1 Å². The van der Waals surface area contributed by atoms with Crippen LogP contribution >= 0.6 is 11.3 Å². The van der Waals surface area contributed by atoms with Crippen LogP contribution in [0.25, 0.3) is 11.3 Å². The minimum absolute atomic E-state index is 0.142. The van der Waals surface area contributed by atoms with E-state index in [2.05, 4.69) is 10.3 Å². The third-order valence-corrected chi connectivity index (χ3v) is 3.16. The summed E-state index contributed by atoms with van der Waals surface area (Å²) in [7, 11) is 0. The molecule has 0 amide bonds. The van der Waals surface area contributed by atoms with Gasteiger partial charge in [0.25, 0.3) is 0 Å². The third kappa shape index (κ3) is 2.92. The van der Waals surface area contributed by atoms with E-state index < -0.39 is 6.23 Å². The smallest absolute Gasteiger partial charge is 0.185 e. The molecule has 1 aromatic heterocycles. The first-order valence-electron chi connectivity index (χ1n) is 5.44. The Balaban J connectivity index is 2.15. The first-order valence-corrected chi connectivity index (χ1v) is 6.32. The predicted octanol–water partition coefficient (Wildman–Crippen LogP) is 1.50. The normalized spacial score (nSPS) is 12.1. The molecule has 5 nitrogen and oxygen atoms in total. The number of aromatic nitrogens is 1. The predicted molar refractivity (Wildman–Crippen MR) is 74.1 cm³/mol. The molecule has 0 radical (unpaired) electrons. The zero-order valence-corrected chi connectivity index (χ0v) is 10.4. The molecular weight excluding hydrogens is 248 g/mol. The fraction of sp³-hybridized carbons (Fsp3) is 0.167. The van der Waals surface area contributed by atoms with Crippen molar-refractivity contribution < 1.29 is 5.11 Å². The van der Waals surface area contributed by atoms with Gasteiger partial charge >= 0.3 is 0 Å². The largest absolute Gasteiger partial charge is 0.372 e. The van der Waals surface area contributed by atoms with Gasteiger partial charge in [0.1, 0.15) is 6.23 Å². The summed E-state index contributed by atoms with van der Waals surface area (Å²) in [6.45, 7) is 0.142. The Kier molecular flexibility index (Phi) is 4.03. The Morgan fingerprint density at radius 3 is 2.78 bits per heavy atom. The minimum atomic E-state index is -0.774. The SMILES string of the molecule is N=Cc1ccc(-c2csc(NC(O)CN)n2)cc1. The number of anilines is 1. The summed E-state index contributed by atoms with van der Waals surface area (Å²) in [6.07, 6.45) is 0.527. The van der Waals surface area contributed by atoms with Gasteiger partial charge in [0.05, 0.1) is 5.69 Å². The highest BCUT2D eigenvalue weighted by molar-refractivity contribution is 7.14. The molecule has 0 aliphatic rings. The van der Waals surface area contributed by atoms with E-state index >= 15 is 0 Å². The molecule has 0 fully saturated rings. The van der Waals surface area contributed by atoms with Gasteiger partial charge in [-0.15, -0.1) is 11.3 Å². The summed E-state index contributed by atoms with van der Waals surface area (Å²) < 4.78 is 0. The minimum Gasteiger partial charge on any atom is -0.372 e. The molecule has 5 N–H and O–H groups in total. The Bertz CT molecular complexity index is 523. The molecule has 2 rings (SSSR count). The molecule has 18 heavy (non-hydrogen) atoms. The molecule has 94 valence electrons. The maximum atomic E-state index is 9.37. The van der Waals surface area contributed by atoms with Crippen molar-refractivity contribution in [2.75, 3.05) is 11.9 Å². The summed E-state index contributed by atoms with van der Waals surface area (Å²) in [4.78, 5) is 4.36. The molecule has 0 aliphatic heterocycles. The van der Waals surface area contributed by atoms with E-state index in [1.807, 2.05) is 29.6 Å². The summed E-state index contributed by atoms with van der Waals surface area (Å²) in [6, 6.07) is 7.56. The molecule has 1 heterocycles. The standard InChI is InChI=1S/C12H14N4OS/c13-5-8-1-3-9(4-2-8)10-7-18-12(15-10)16-11(17)6-14/h1-5,7,11,13,17H,6,14H2,(H,15,16). The lowest BCUT2D eigenvalue weighted by atomic mass is 10.1. The van der Waals surface area contributed by atoms with Gasteiger partial charge in [-0.1, -0.05) is 24.3 Å². The molecule has 1 aromatic carbocycles. The van der Waals surface area contributed by atoms with Crippen LogP contribution in [0, 0.1) is 5.41 Å². The van der Waals surface area contributed by atoms with Crippen LogP contribution in [0.2, 0.25) is 0 Å². The molecule has 0 saturated heterocycles. The second-order valence-corrected chi connectivity index (χ2v) is 4.56.